The van der Waals surface area contributed by atoms with Crippen LogP contribution in [0.5, 0.6) is 5.88 Å². The van der Waals surface area contributed by atoms with Crippen LogP contribution in [-0.2, 0) is 16.4 Å². The molecule has 7 nitrogen and oxygen atoms in total. The number of aliphatic imine (C=N–C) groups is 1. The molecule has 0 radical (unpaired) electrons. The second-order valence-electron chi connectivity index (χ2n) is 5.80. The van der Waals surface area contributed by atoms with Gasteiger partial charge >= 0.3 is 6.18 Å². The van der Waals surface area contributed by atoms with Crippen LogP contribution in [-0.4, -0.2) is 57.2 Å². The fraction of sp³-hybridized carbons (Fsp3) is 0.600. The third-order valence-corrected chi connectivity index (χ3v) is 4.15. The number of sulfone groups is 1. The van der Waals surface area contributed by atoms with Crippen molar-refractivity contribution in [3.8, 4) is 5.88 Å². The van der Waals surface area contributed by atoms with Gasteiger partial charge in [-0.2, -0.15) is 13.2 Å². The minimum atomic E-state index is -4.43. The molecule has 2 N–H and O–H groups in total. The molecule has 1 rings (SSSR count). The predicted molar refractivity (Wildman–Crippen MR) is 92.9 cm³/mol. The van der Waals surface area contributed by atoms with E-state index in [0.717, 1.165) is 0 Å². The van der Waals surface area contributed by atoms with Gasteiger partial charge in [0.2, 0.25) is 5.88 Å². The Morgan fingerprint density at radius 2 is 2.12 bits per heavy atom. The molecule has 1 aromatic heterocycles. The minimum Gasteiger partial charge on any atom is -0.468 e. The van der Waals surface area contributed by atoms with E-state index in [2.05, 4.69) is 25.3 Å². The van der Waals surface area contributed by atoms with Crippen LogP contribution < -0.4 is 15.4 Å². The number of nitrogens with zero attached hydrogens (tertiary/aromatic N) is 2. The van der Waals surface area contributed by atoms with Crippen LogP contribution in [0.25, 0.3) is 0 Å². The van der Waals surface area contributed by atoms with Crippen LogP contribution in [0.1, 0.15) is 18.9 Å². The molecule has 0 aliphatic heterocycles. The number of guanidine groups is 1. The molecule has 11 heteroatoms. The van der Waals surface area contributed by atoms with Gasteiger partial charge in [0.05, 0.1) is 5.75 Å². The summed E-state index contributed by atoms with van der Waals surface area (Å²) in [6.07, 6.45) is -1.48. The van der Waals surface area contributed by atoms with E-state index in [4.69, 9.17) is 0 Å². The lowest BCUT2D eigenvalue weighted by Crippen LogP contribution is -2.42. The summed E-state index contributed by atoms with van der Waals surface area (Å²) in [5.74, 6) is 0.384. The zero-order valence-corrected chi connectivity index (χ0v) is 15.6. The van der Waals surface area contributed by atoms with E-state index in [1.165, 1.54) is 18.5 Å². The average Bonchev–Trinajstić information content (AvgIpc) is 2.54. The molecule has 1 atom stereocenters. The molecule has 1 unspecified atom stereocenters. The van der Waals surface area contributed by atoms with E-state index in [1.807, 2.05) is 6.92 Å². The third kappa shape index (κ3) is 10.1. The second kappa shape index (κ2) is 9.60. The smallest absolute Gasteiger partial charge is 0.422 e. The van der Waals surface area contributed by atoms with Crippen molar-refractivity contribution in [2.24, 2.45) is 4.99 Å². The topological polar surface area (TPSA) is 92.7 Å². The van der Waals surface area contributed by atoms with Crippen LogP contribution in [0.15, 0.2) is 23.3 Å². The van der Waals surface area contributed by atoms with E-state index in [-0.39, 0.29) is 24.2 Å². The quantitative estimate of drug-likeness (QED) is 0.511. The Bertz CT molecular complexity index is 708. The lowest BCUT2D eigenvalue weighted by Gasteiger charge is -2.17. The van der Waals surface area contributed by atoms with Gasteiger partial charge in [-0.25, -0.2) is 13.4 Å². The molecule has 0 aliphatic carbocycles. The van der Waals surface area contributed by atoms with Gasteiger partial charge in [0, 0.05) is 38.2 Å². The molecule has 1 heterocycles. The fourth-order valence-electron chi connectivity index (χ4n) is 1.87. The number of ether oxygens (including phenoxy) is 1. The summed E-state index contributed by atoms with van der Waals surface area (Å²) in [5, 5.41) is 6.05. The monoisotopic (exact) mass is 396 g/mol. The standard InChI is InChI=1S/C15H23F3N4O3S/c1-11(5-7-26(3,23)24)22-14(19-2)21-9-12-4-6-20-13(8-12)25-10-15(16,17)18/h4,6,8,11H,5,7,9-10H2,1-3H3,(H2,19,21,22). The molecule has 0 fully saturated rings. The molecular weight excluding hydrogens is 373 g/mol. The van der Waals surface area contributed by atoms with Crippen LogP contribution in [0.4, 0.5) is 13.2 Å². The number of hydrogen-bond donors (Lipinski definition) is 2. The second-order valence-corrected chi connectivity index (χ2v) is 8.06. The minimum absolute atomic E-state index is 0.0580. The highest BCUT2D eigenvalue weighted by molar-refractivity contribution is 7.90. The van der Waals surface area contributed by atoms with Gasteiger partial charge in [0.1, 0.15) is 9.84 Å². The highest BCUT2D eigenvalue weighted by Gasteiger charge is 2.28. The molecule has 0 bridgehead atoms. The highest BCUT2D eigenvalue weighted by atomic mass is 32.2. The van der Waals surface area contributed by atoms with Crippen molar-refractivity contribution < 1.29 is 26.3 Å². The molecule has 26 heavy (non-hydrogen) atoms. The first-order valence-electron chi connectivity index (χ1n) is 7.78. The van der Waals surface area contributed by atoms with Crippen LogP contribution in [0, 0.1) is 0 Å². The van der Waals surface area contributed by atoms with Gasteiger partial charge in [0.25, 0.3) is 0 Å². The van der Waals surface area contributed by atoms with Gasteiger partial charge in [-0.15, -0.1) is 0 Å². The summed E-state index contributed by atoms with van der Waals surface area (Å²) in [6, 6.07) is 2.91. The molecule has 0 amide bonds. The number of nitrogens with one attached hydrogen (secondary N) is 2. The first-order chi connectivity index (χ1) is 12.0. The molecule has 1 aromatic rings. The molecular formula is C15H23F3N4O3S. The van der Waals surface area contributed by atoms with E-state index in [0.29, 0.717) is 17.9 Å². The normalized spacial score (nSPS) is 14.0. The zero-order chi connectivity index (χ0) is 19.8. The number of rotatable bonds is 8. The predicted octanol–water partition coefficient (Wildman–Crippen LogP) is 1.51. The van der Waals surface area contributed by atoms with Gasteiger partial charge in [0.15, 0.2) is 12.6 Å². The SMILES string of the molecule is CN=C(NCc1ccnc(OCC(F)(F)F)c1)NC(C)CCS(C)(=O)=O. The number of halogens is 3. The van der Waals surface area contributed by atoms with Gasteiger partial charge in [-0.3, -0.25) is 4.99 Å². The maximum atomic E-state index is 12.2. The van der Waals surface area contributed by atoms with Crippen molar-refractivity contribution in [3.05, 3.63) is 23.9 Å². The summed E-state index contributed by atoms with van der Waals surface area (Å²) in [5.41, 5.74) is 0.656. The number of pyridine rings is 1. The van der Waals surface area contributed by atoms with E-state index in [9.17, 15) is 21.6 Å². The number of aromatic nitrogens is 1. The Morgan fingerprint density at radius 3 is 2.69 bits per heavy atom. The lowest BCUT2D eigenvalue weighted by atomic mass is 10.2. The van der Waals surface area contributed by atoms with E-state index < -0.39 is 22.6 Å². The van der Waals surface area contributed by atoms with E-state index in [1.54, 1.807) is 13.1 Å². The third-order valence-electron chi connectivity index (χ3n) is 3.17. The molecule has 0 saturated carbocycles. The highest BCUT2D eigenvalue weighted by Crippen LogP contribution is 2.17. The van der Waals surface area contributed by atoms with Gasteiger partial charge in [-0.1, -0.05) is 0 Å². The van der Waals surface area contributed by atoms with Crippen LogP contribution in [0.2, 0.25) is 0 Å². The van der Waals surface area contributed by atoms with Crippen molar-refractivity contribution >= 4 is 15.8 Å². The molecule has 0 saturated heterocycles. The van der Waals surface area contributed by atoms with Crippen molar-refractivity contribution in [1.82, 2.24) is 15.6 Å². The van der Waals surface area contributed by atoms with Gasteiger partial charge < -0.3 is 15.4 Å². The summed E-state index contributed by atoms with van der Waals surface area (Å²) in [4.78, 5) is 7.76. The van der Waals surface area contributed by atoms with Crippen molar-refractivity contribution in [3.63, 3.8) is 0 Å². The summed E-state index contributed by atoms with van der Waals surface area (Å²) in [7, 11) is -1.48. The summed E-state index contributed by atoms with van der Waals surface area (Å²) >= 11 is 0. The Morgan fingerprint density at radius 1 is 1.42 bits per heavy atom. The fourth-order valence-corrected chi connectivity index (χ4v) is 2.65. The first kappa shape index (κ1) is 22.0. The van der Waals surface area contributed by atoms with Gasteiger partial charge in [-0.05, 0) is 25.0 Å². The molecule has 148 valence electrons. The number of alkyl halides is 3. The zero-order valence-electron chi connectivity index (χ0n) is 14.8. The number of hydrogen-bond acceptors (Lipinski definition) is 5. The largest absolute Gasteiger partial charge is 0.468 e. The Hall–Kier alpha value is -2.04. The maximum absolute atomic E-state index is 12.2. The molecule has 0 spiro atoms. The first-order valence-corrected chi connectivity index (χ1v) is 9.84. The van der Waals surface area contributed by atoms with Crippen molar-refractivity contribution in [2.45, 2.75) is 32.1 Å². The lowest BCUT2D eigenvalue weighted by molar-refractivity contribution is -0.154. The Labute approximate surface area is 151 Å². The Balaban J connectivity index is 2.53. The molecule has 0 aliphatic rings. The average molecular weight is 396 g/mol. The maximum Gasteiger partial charge on any atom is 0.422 e. The molecule has 0 aromatic carbocycles. The van der Waals surface area contributed by atoms with Crippen LogP contribution in [0.3, 0.4) is 0 Å². The van der Waals surface area contributed by atoms with E-state index >= 15 is 0 Å². The summed E-state index contributed by atoms with van der Waals surface area (Å²) < 4.78 is 63.5. The van der Waals surface area contributed by atoms with Crippen molar-refractivity contribution in [1.29, 1.82) is 0 Å². The van der Waals surface area contributed by atoms with Crippen LogP contribution >= 0.6 is 0 Å². The van der Waals surface area contributed by atoms with Crippen molar-refractivity contribution in [2.75, 3.05) is 25.7 Å². The Kier molecular flexibility index (Phi) is 8.12. The summed E-state index contributed by atoms with van der Waals surface area (Å²) in [6.45, 7) is 0.703.